The van der Waals surface area contributed by atoms with Crippen LogP contribution in [0.1, 0.15) is 36.7 Å². The molecule has 0 saturated carbocycles. The number of nitrogens with zero attached hydrogens (tertiary/aromatic N) is 3. The lowest BCUT2D eigenvalue weighted by molar-refractivity contribution is -0.122. The Morgan fingerprint density at radius 3 is 2.83 bits per heavy atom. The standard InChI is InChI=1S/C17H28N4O2/c1-11-8-20-9-15(7-16(20)10-23-11)18-17(22)5-6-21-14(4)12(2)13(3)19-21/h11,15-16H,5-10H2,1-4H3,(H,18,22)/t11-,15+,16-/m0/s1. The van der Waals surface area contributed by atoms with Gasteiger partial charge >= 0.3 is 0 Å². The number of hydrogen-bond acceptors (Lipinski definition) is 4. The van der Waals surface area contributed by atoms with Crippen molar-refractivity contribution in [3.8, 4) is 0 Å². The maximum Gasteiger partial charge on any atom is 0.222 e. The van der Waals surface area contributed by atoms with Gasteiger partial charge in [0, 0.05) is 43.8 Å². The molecule has 2 aliphatic rings. The summed E-state index contributed by atoms with van der Waals surface area (Å²) >= 11 is 0. The molecule has 0 unspecified atom stereocenters. The van der Waals surface area contributed by atoms with Gasteiger partial charge in [-0.05, 0) is 39.7 Å². The molecule has 3 rings (SSSR count). The minimum atomic E-state index is 0.119. The van der Waals surface area contributed by atoms with Crippen LogP contribution in [0.2, 0.25) is 0 Å². The van der Waals surface area contributed by atoms with Crippen molar-refractivity contribution in [2.45, 2.75) is 65.3 Å². The first-order valence-electron chi connectivity index (χ1n) is 8.59. The molecule has 6 heteroatoms. The summed E-state index contributed by atoms with van der Waals surface area (Å²) in [7, 11) is 0. The molecular formula is C17H28N4O2. The number of carbonyl (C=O) groups is 1. The maximum atomic E-state index is 12.2. The van der Waals surface area contributed by atoms with Crippen LogP contribution in [0.3, 0.4) is 0 Å². The third kappa shape index (κ3) is 3.58. The van der Waals surface area contributed by atoms with Crippen LogP contribution in [0.4, 0.5) is 0 Å². The quantitative estimate of drug-likeness (QED) is 0.905. The summed E-state index contributed by atoms with van der Waals surface area (Å²) in [5, 5.41) is 7.68. The molecule has 0 radical (unpaired) electrons. The van der Waals surface area contributed by atoms with Crippen molar-refractivity contribution in [3.63, 3.8) is 0 Å². The summed E-state index contributed by atoms with van der Waals surface area (Å²) in [5.41, 5.74) is 3.41. The second-order valence-electron chi connectivity index (χ2n) is 7.02. The molecule has 0 spiro atoms. The van der Waals surface area contributed by atoms with E-state index in [-0.39, 0.29) is 11.9 Å². The van der Waals surface area contributed by atoms with Crippen LogP contribution in [0, 0.1) is 20.8 Å². The summed E-state index contributed by atoms with van der Waals surface area (Å²) in [6.07, 6.45) is 1.78. The summed E-state index contributed by atoms with van der Waals surface area (Å²) < 4.78 is 7.65. The van der Waals surface area contributed by atoms with Crippen molar-refractivity contribution in [1.82, 2.24) is 20.0 Å². The molecule has 3 atom stereocenters. The maximum absolute atomic E-state index is 12.2. The van der Waals surface area contributed by atoms with Crippen molar-refractivity contribution in [3.05, 3.63) is 17.0 Å². The molecule has 0 aliphatic carbocycles. The van der Waals surface area contributed by atoms with Gasteiger partial charge < -0.3 is 10.1 Å². The van der Waals surface area contributed by atoms with Gasteiger partial charge in [0.25, 0.3) is 0 Å². The zero-order valence-corrected chi connectivity index (χ0v) is 14.6. The fourth-order valence-corrected chi connectivity index (χ4v) is 3.66. The molecule has 128 valence electrons. The van der Waals surface area contributed by atoms with E-state index in [1.165, 1.54) is 5.56 Å². The largest absolute Gasteiger partial charge is 0.376 e. The Morgan fingerprint density at radius 1 is 1.35 bits per heavy atom. The Bertz CT molecular complexity index is 583. The Balaban J connectivity index is 1.47. The van der Waals surface area contributed by atoms with Crippen molar-refractivity contribution in [2.75, 3.05) is 19.7 Å². The van der Waals surface area contributed by atoms with Gasteiger partial charge in [-0.1, -0.05) is 0 Å². The molecule has 0 aromatic carbocycles. The van der Waals surface area contributed by atoms with Gasteiger partial charge in [0.2, 0.25) is 5.91 Å². The summed E-state index contributed by atoms with van der Waals surface area (Å²) in [5.74, 6) is 0.119. The lowest BCUT2D eigenvalue weighted by atomic mass is 10.1. The topological polar surface area (TPSA) is 59.4 Å². The number of hydrogen-bond donors (Lipinski definition) is 1. The van der Waals surface area contributed by atoms with E-state index >= 15 is 0 Å². The van der Waals surface area contributed by atoms with Gasteiger partial charge in [-0.2, -0.15) is 5.10 Å². The molecule has 2 saturated heterocycles. The van der Waals surface area contributed by atoms with Crippen LogP contribution in [0.5, 0.6) is 0 Å². The normalized spacial score (nSPS) is 27.9. The van der Waals surface area contributed by atoms with Crippen LogP contribution < -0.4 is 5.32 Å². The van der Waals surface area contributed by atoms with E-state index in [9.17, 15) is 4.79 Å². The highest BCUT2D eigenvalue weighted by Crippen LogP contribution is 2.23. The molecule has 2 aliphatic heterocycles. The molecule has 6 nitrogen and oxygen atoms in total. The van der Waals surface area contributed by atoms with E-state index in [0.717, 1.165) is 37.5 Å². The van der Waals surface area contributed by atoms with Crippen LogP contribution in [-0.4, -0.2) is 58.5 Å². The highest BCUT2D eigenvalue weighted by molar-refractivity contribution is 5.76. The fraction of sp³-hybridized carbons (Fsp3) is 0.765. The first-order chi connectivity index (χ1) is 10.9. The molecule has 2 fully saturated rings. The second-order valence-corrected chi connectivity index (χ2v) is 7.02. The van der Waals surface area contributed by atoms with Gasteiger partial charge in [0.05, 0.1) is 18.4 Å². The monoisotopic (exact) mass is 320 g/mol. The molecule has 1 aromatic heterocycles. The van der Waals surface area contributed by atoms with Crippen LogP contribution in [-0.2, 0) is 16.1 Å². The minimum Gasteiger partial charge on any atom is -0.376 e. The van der Waals surface area contributed by atoms with E-state index in [1.54, 1.807) is 0 Å². The Hall–Kier alpha value is -1.40. The van der Waals surface area contributed by atoms with Crippen molar-refractivity contribution in [2.24, 2.45) is 0 Å². The molecule has 0 bridgehead atoms. The number of aromatic nitrogens is 2. The minimum absolute atomic E-state index is 0.119. The fourth-order valence-electron chi connectivity index (χ4n) is 3.66. The van der Waals surface area contributed by atoms with Crippen LogP contribution in [0.15, 0.2) is 0 Å². The summed E-state index contributed by atoms with van der Waals surface area (Å²) in [6, 6.07) is 0.721. The lowest BCUT2D eigenvalue weighted by Crippen LogP contribution is -2.45. The third-order valence-electron chi connectivity index (χ3n) is 5.25. The molecular weight excluding hydrogens is 292 g/mol. The lowest BCUT2D eigenvalue weighted by Gasteiger charge is -2.33. The van der Waals surface area contributed by atoms with Crippen molar-refractivity contribution < 1.29 is 9.53 Å². The molecule has 3 heterocycles. The Morgan fingerprint density at radius 2 is 2.13 bits per heavy atom. The third-order valence-corrected chi connectivity index (χ3v) is 5.25. The van der Waals surface area contributed by atoms with Crippen molar-refractivity contribution in [1.29, 1.82) is 0 Å². The first-order valence-corrected chi connectivity index (χ1v) is 8.59. The van der Waals surface area contributed by atoms with Gasteiger partial charge in [-0.15, -0.1) is 0 Å². The zero-order chi connectivity index (χ0) is 16.6. The summed E-state index contributed by atoms with van der Waals surface area (Å²) in [6.45, 7) is 11.6. The smallest absolute Gasteiger partial charge is 0.222 e. The average Bonchev–Trinajstić information content (AvgIpc) is 3.00. The number of carbonyl (C=O) groups excluding carboxylic acids is 1. The van der Waals surface area contributed by atoms with E-state index in [0.29, 0.717) is 25.1 Å². The van der Waals surface area contributed by atoms with Crippen LogP contribution >= 0.6 is 0 Å². The van der Waals surface area contributed by atoms with E-state index < -0.39 is 0 Å². The van der Waals surface area contributed by atoms with E-state index in [1.807, 2.05) is 11.6 Å². The molecule has 1 aromatic rings. The SMILES string of the molecule is Cc1nn(CCC(=O)N[C@@H]2C[C@H]3CO[C@@H](C)CN3C2)c(C)c1C. The highest BCUT2D eigenvalue weighted by Gasteiger charge is 2.36. The molecule has 1 amide bonds. The number of morpholine rings is 1. The van der Waals surface area contributed by atoms with Gasteiger partial charge in [0.1, 0.15) is 0 Å². The van der Waals surface area contributed by atoms with E-state index in [4.69, 9.17) is 4.74 Å². The van der Waals surface area contributed by atoms with E-state index in [2.05, 4.69) is 36.1 Å². The first kappa shape index (κ1) is 16.5. The predicted molar refractivity (Wildman–Crippen MR) is 88.4 cm³/mol. The predicted octanol–water partition coefficient (Wildman–Crippen LogP) is 1.18. The Kier molecular flexibility index (Phi) is 4.73. The molecule has 1 N–H and O–H groups in total. The number of nitrogens with one attached hydrogen (secondary N) is 1. The van der Waals surface area contributed by atoms with Crippen LogP contribution in [0.25, 0.3) is 0 Å². The van der Waals surface area contributed by atoms with Gasteiger partial charge in [-0.25, -0.2) is 0 Å². The van der Waals surface area contributed by atoms with Gasteiger partial charge in [-0.3, -0.25) is 14.4 Å². The van der Waals surface area contributed by atoms with Crippen molar-refractivity contribution >= 4 is 5.91 Å². The average molecular weight is 320 g/mol. The highest BCUT2D eigenvalue weighted by atomic mass is 16.5. The second kappa shape index (κ2) is 6.61. The number of fused-ring (bicyclic) bond motifs is 1. The number of rotatable bonds is 4. The zero-order valence-electron chi connectivity index (χ0n) is 14.6. The Labute approximate surface area is 138 Å². The number of aryl methyl sites for hydroxylation is 2. The molecule has 23 heavy (non-hydrogen) atoms. The summed E-state index contributed by atoms with van der Waals surface area (Å²) in [4.78, 5) is 14.7. The van der Waals surface area contributed by atoms with Gasteiger partial charge in [0.15, 0.2) is 0 Å². The number of amides is 1. The number of ether oxygens (including phenoxy) is 1.